The summed E-state index contributed by atoms with van der Waals surface area (Å²) < 4.78 is 0. The molecule has 1 aromatic rings. The van der Waals surface area contributed by atoms with Gasteiger partial charge in [-0.3, -0.25) is 9.59 Å². The van der Waals surface area contributed by atoms with E-state index in [9.17, 15) is 14.4 Å². The number of piperazine rings is 1. The quantitative estimate of drug-likeness (QED) is 0.493. The van der Waals surface area contributed by atoms with Crippen molar-refractivity contribution in [3.8, 4) is 0 Å². The standard InChI is InChI=1S/C14H13N3O3/c18-9-16-14(5-6-14)10-1-3-11(4-2-10)17-8-7-15-12(19)13(17)20/h1-4H,5-8H2,(H,15,19). The Morgan fingerprint density at radius 1 is 1.20 bits per heavy atom. The zero-order valence-electron chi connectivity index (χ0n) is 10.8. The van der Waals surface area contributed by atoms with Crippen molar-refractivity contribution >= 4 is 23.6 Å². The SMILES string of the molecule is O=C=NC1(c2ccc(N3CCNC(=O)C3=O)cc2)CC1. The first-order chi connectivity index (χ1) is 9.66. The Morgan fingerprint density at radius 2 is 1.90 bits per heavy atom. The fraction of sp³-hybridized carbons (Fsp3) is 0.357. The van der Waals surface area contributed by atoms with Gasteiger partial charge in [0.05, 0.1) is 5.54 Å². The van der Waals surface area contributed by atoms with Gasteiger partial charge in [-0.2, -0.15) is 4.99 Å². The van der Waals surface area contributed by atoms with Crippen LogP contribution in [0.1, 0.15) is 18.4 Å². The van der Waals surface area contributed by atoms with Crippen molar-refractivity contribution < 1.29 is 14.4 Å². The lowest BCUT2D eigenvalue weighted by Crippen LogP contribution is -2.52. The molecule has 0 atom stereocenters. The molecule has 3 rings (SSSR count). The van der Waals surface area contributed by atoms with Crippen LogP contribution in [0.2, 0.25) is 0 Å². The van der Waals surface area contributed by atoms with Crippen LogP contribution >= 0.6 is 0 Å². The molecule has 2 fully saturated rings. The van der Waals surface area contributed by atoms with Crippen molar-refractivity contribution in [3.63, 3.8) is 0 Å². The second kappa shape index (κ2) is 4.58. The lowest BCUT2D eigenvalue weighted by Gasteiger charge is -2.26. The van der Waals surface area contributed by atoms with E-state index in [-0.39, 0.29) is 0 Å². The van der Waals surface area contributed by atoms with Crippen molar-refractivity contribution in [2.75, 3.05) is 18.0 Å². The van der Waals surface area contributed by atoms with Gasteiger partial charge in [-0.25, -0.2) is 4.79 Å². The maximum Gasteiger partial charge on any atom is 0.316 e. The van der Waals surface area contributed by atoms with E-state index in [0.29, 0.717) is 18.8 Å². The average Bonchev–Trinajstić information content (AvgIpc) is 3.24. The predicted molar refractivity (Wildman–Crippen MR) is 70.8 cm³/mol. The van der Waals surface area contributed by atoms with E-state index < -0.39 is 17.4 Å². The van der Waals surface area contributed by atoms with Crippen LogP contribution < -0.4 is 10.2 Å². The van der Waals surface area contributed by atoms with Crippen molar-refractivity contribution in [3.05, 3.63) is 29.8 Å². The van der Waals surface area contributed by atoms with Gasteiger partial charge in [-0.05, 0) is 30.5 Å². The lowest BCUT2D eigenvalue weighted by molar-refractivity contribution is -0.138. The van der Waals surface area contributed by atoms with Gasteiger partial charge in [-0.1, -0.05) is 12.1 Å². The highest BCUT2D eigenvalue weighted by atomic mass is 16.2. The van der Waals surface area contributed by atoms with E-state index in [1.165, 1.54) is 4.90 Å². The Bertz CT molecular complexity index is 613. The topological polar surface area (TPSA) is 78.8 Å². The zero-order valence-corrected chi connectivity index (χ0v) is 10.8. The van der Waals surface area contributed by atoms with Gasteiger partial charge in [0.1, 0.15) is 0 Å². The number of hydrogen-bond acceptors (Lipinski definition) is 4. The van der Waals surface area contributed by atoms with E-state index >= 15 is 0 Å². The highest BCUT2D eigenvalue weighted by Gasteiger charge is 2.44. The number of aliphatic imine (C=N–C) groups is 1. The van der Waals surface area contributed by atoms with Gasteiger partial charge in [0.25, 0.3) is 0 Å². The van der Waals surface area contributed by atoms with Crippen LogP contribution in [-0.2, 0) is 19.9 Å². The Kier molecular flexibility index (Phi) is 2.88. The number of rotatable bonds is 3. The number of nitrogens with one attached hydrogen (secondary N) is 1. The minimum atomic E-state index is -0.579. The number of carbonyl (C=O) groups excluding carboxylic acids is 3. The summed E-state index contributed by atoms with van der Waals surface area (Å²) >= 11 is 0. The molecule has 1 aliphatic heterocycles. The van der Waals surface area contributed by atoms with Crippen LogP contribution in [-0.4, -0.2) is 31.0 Å². The number of carbonyl (C=O) groups is 2. The number of isocyanates is 1. The molecule has 2 amide bonds. The highest BCUT2D eigenvalue weighted by Crippen LogP contribution is 2.49. The van der Waals surface area contributed by atoms with Crippen LogP contribution in [0.4, 0.5) is 5.69 Å². The summed E-state index contributed by atoms with van der Waals surface area (Å²) in [4.78, 5) is 38.8. The van der Waals surface area contributed by atoms with Crippen LogP contribution in [0.5, 0.6) is 0 Å². The molecular weight excluding hydrogens is 258 g/mol. The number of benzene rings is 1. The van der Waals surface area contributed by atoms with Crippen molar-refractivity contribution in [1.82, 2.24) is 5.32 Å². The van der Waals surface area contributed by atoms with E-state index in [1.54, 1.807) is 18.2 Å². The zero-order chi connectivity index (χ0) is 14.2. The summed E-state index contributed by atoms with van der Waals surface area (Å²) in [6.07, 6.45) is 3.30. The van der Waals surface area contributed by atoms with Gasteiger partial charge < -0.3 is 10.2 Å². The second-order valence-corrected chi connectivity index (χ2v) is 4.99. The molecule has 1 aliphatic carbocycles. The van der Waals surface area contributed by atoms with Gasteiger partial charge >= 0.3 is 11.8 Å². The fourth-order valence-corrected chi connectivity index (χ4v) is 2.45. The summed E-state index contributed by atoms with van der Waals surface area (Å²) in [5.74, 6) is -1.12. The highest BCUT2D eigenvalue weighted by molar-refractivity contribution is 6.41. The summed E-state index contributed by atoms with van der Waals surface area (Å²) in [6, 6.07) is 7.27. The molecule has 0 radical (unpaired) electrons. The number of amides is 2. The molecule has 1 heterocycles. The minimum absolute atomic E-state index is 0.413. The molecule has 6 nitrogen and oxygen atoms in total. The molecule has 1 N–H and O–H groups in total. The fourth-order valence-electron chi connectivity index (χ4n) is 2.45. The van der Waals surface area contributed by atoms with Crippen LogP contribution in [0.15, 0.2) is 29.3 Å². The summed E-state index contributed by atoms with van der Waals surface area (Å²) in [6.45, 7) is 0.910. The van der Waals surface area contributed by atoms with Crippen molar-refractivity contribution in [1.29, 1.82) is 0 Å². The van der Waals surface area contributed by atoms with Gasteiger partial charge in [0, 0.05) is 18.8 Å². The van der Waals surface area contributed by atoms with Crippen molar-refractivity contribution in [2.45, 2.75) is 18.4 Å². The van der Waals surface area contributed by atoms with Gasteiger partial charge in [-0.15, -0.1) is 0 Å². The predicted octanol–water partition coefficient (Wildman–Crippen LogP) is 0.474. The molecule has 0 aromatic heterocycles. The first kappa shape index (κ1) is 12.6. The molecule has 0 unspecified atom stereocenters. The Morgan fingerprint density at radius 3 is 2.50 bits per heavy atom. The Hall–Kier alpha value is -2.46. The third-order valence-electron chi connectivity index (χ3n) is 3.76. The first-order valence-electron chi connectivity index (χ1n) is 6.46. The van der Waals surface area contributed by atoms with E-state index in [2.05, 4.69) is 10.3 Å². The largest absolute Gasteiger partial charge is 0.346 e. The Balaban J connectivity index is 1.85. The molecule has 0 bridgehead atoms. The molecule has 102 valence electrons. The molecule has 1 saturated heterocycles. The second-order valence-electron chi connectivity index (χ2n) is 4.99. The third kappa shape index (κ3) is 2.00. The van der Waals surface area contributed by atoms with Crippen LogP contribution in [0.3, 0.4) is 0 Å². The number of hydrogen-bond donors (Lipinski definition) is 1. The number of nitrogens with zero attached hydrogens (tertiary/aromatic N) is 2. The molecule has 20 heavy (non-hydrogen) atoms. The molecule has 6 heteroatoms. The molecule has 1 aromatic carbocycles. The van der Waals surface area contributed by atoms with Gasteiger partial charge in [0.15, 0.2) is 0 Å². The van der Waals surface area contributed by atoms with E-state index in [4.69, 9.17) is 0 Å². The maximum absolute atomic E-state index is 11.8. The minimum Gasteiger partial charge on any atom is -0.346 e. The molecule has 0 spiro atoms. The average molecular weight is 271 g/mol. The normalized spacial score (nSPS) is 20.1. The number of anilines is 1. The summed E-state index contributed by atoms with van der Waals surface area (Å²) in [5, 5.41) is 2.51. The molecule has 2 aliphatic rings. The summed E-state index contributed by atoms with van der Waals surface area (Å²) in [5.41, 5.74) is 1.21. The van der Waals surface area contributed by atoms with E-state index in [0.717, 1.165) is 18.4 Å². The van der Waals surface area contributed by atoms with E-state index in [1.807, 2.05) is 12.1 Å². The van der Waals surface area contributed by atoms with Gasteiger partial charge in [0.2, 0.25) is 6.08 Å². The lowest BCUT2D eigenvalue weighted by atomic mass is 10.0. The smallest absolute Gasteiger partial charge is 0.316 e. The molecule has 1 saturated carbocycles. The van der Waals surface area contributed by atoms with Crippen LogP contribution in [0.25, 0.3) is 0 Å². The van der Waals surface area contributed by atoms with Crippen LogP contribution in [0, 0.1) is 0 Å². The van der Waals surface area contributed by atoms with Crippen molar-refractivity contribution in [2.24, 2.45) is 4.99 Å². The summed E-state index contributed by atoms with van der Waals surface area (Å²) in [7, 11) is 0. The monoisotopic (exact) mass is 271 g/mol. The Labute approximate surface area is 115 Å². The molecular formula is C14H13N3O3. The first-order valence-corrected chi connectivity index (χ1v) is 6.46. The third-order valence-corrected chi connectivity index (χ3v) is 3.76. The maximum atomic E-state index is 11.8.